The number of imidazole rings is 1. The molecule has 1 amide bonds. The smallest absolute Gasteiger partial charge is 0.280 e. The average molecular weight is 631 g/mol. The molecule has 0 radical (unpaired) electrons. The topological polar surface area (TPSA) is 156 Å². The van der Waals surface area contributed by atoms with Gasteiger partial charge in [0, 0.05) is 22.6 Å². The first kappa shape index (κ1) is 34.8. The van der Waals surface area contributed by atoms with Crippen LogP contribution < -0.4 is 16.6 Å². The summed E-state index contributed by atoms with van der Waals surface area (Å²) in [5.74, 6) is -0.382. The Morgan fingerprint density at radius 1 is 1.10 bits per heavy atom. The van der Waals surface area contributed by atoms with Crippen LogP contribution in [-0.2, 0) is 45.0 Å². The Morgan fingerprint density at radius 3 is 2.24 bits per heavy atom. The van der Waals surface area contributed by atoms with Crippen molar-refractivity contribution in [2.45, 2.75) is 115 Å². The molecule has 3 heterocycles. The van der Waals surface area contributed by atoms with Crippen molar-refractivity contribution in [3.8, 4) is 0 Å². The van der Waals surface area contributed by atoms with Crippen molar-refractivity contribution < 1.29 is 22.6 Å². The van der Waals surface area contributed by atoms with E-state index >= 15 is 0 Å². The van der Waals surface area contributed by atoms with Crippen LogP contribution in [0.1, 0.15) is 75.5 Å². The number of aromatic amines is 1. The van der Waals surface area contributed by atoms with Crippen molar-refractivity contribution in [1.82, 2.24) is 19.5 Å². The Hall–Kier alpha value is -1.68. The molecule has 3 rings (SSSR count). The van der Waals surface area contributed by atoms with Gasteiger partial charge in [0.15, 0.2) is 33.1 Å². The van der Waals surface area contributed by atoms with Crippen molar-refractivity contribution in [3.63, 3.8) is 0 Å². The predicted octanol–water partition coefficient (Wildman–Crippen LogP) is 3.26. The van der Waals surface area contributed by atoms with Gasteiger partial charge in [-0.1, -0.05) is 27.7 Å². The van der Waals surface area contributed by atoms with E-state index in [4.69, 9.17) is 23.6 Å². The first-order chi connectivity index (χ1) is 19.7. The molecule has 1 saturated heterocycles. The number of aromatic nitrogens is 4. The summed E-state index contributed by atoms with van der Waals surface area (Å²) in [5.41, 5.74) is 6.53. The van der Waals surface area contributed by atoms with Crippen molar-refractivity contribution >= 4 is 45.4 Å². The monoisotopic (exact) mass is 630 g/mol. The molecule has 0 spiro atoms. The largest absolute Gasteiger partial charge is 0.382 e. The fraction of sp³-hybridized carbons (Fsp3) is 0.786. The Balaban J connectivity index is 1.96. The third-order valence-electron chi connectivity index (χ3n) is 6.81. The number of methoxy groups -OCH3 is 1. The second-order valence-electron chi connectivity index (χ2n) is 12.1. The number of ether oxygens (including phenoxy) is 3. The Bertz CT molecular complexity index is 1230. The van der Waals surface area contributed by atoms with Crippen molar-refractivity contribution in [3.05, 3.63) is 16.7 Å². The van der Waals surface area contributed by atoms with E-state index in [1.807, 2.05) is 0 Å². The van der Waals surface area contributed by atoms with Gasteiger partial charge in [-0.15, -0.1) is 0 Å². The molecule has 1 aliphatic rings. The standard InChI is InChI=1S/C28H48N6O6S2/c1-14(2)24(35)32-28-31-23-21(25(36)33-28)30-13-34(23)26-20(29)22(19(38-26)12-37-11)39-27(15(3)4)42(18(9)10)40-41(16(5)6)17(7)8/h13-20,22,26-27H,12,29H2,1-11H3/p+2/t19-,20-,22-,26-,27?,42?/m1/s1. The molecular weight excluding hydrogens is 580 g/mol. The molecule has 2 unspecified atom stereocenters. The number of carbonyl (C=O) groups is 1. The lowest BCUT2D eigenvalue weighted by Gasteiger charge is -2.28. The highest BCUT2D eigenvalue weighted by Gasteiger charge is 2.54. The third kappa shape index (κ3) is 7.88. The zero-order valence-corrected chi connectivity index (χ0v) is 28.4. The number of nitrogens with two attached hydrogens (primary N) is 1. The molecule has 0 aromatic carbocycles. The van der Waals surface area contributed by atoms with Gasteiger partial charge in [0.1, 0.15) is 12.2 Å². The first-order valence-corrected chi connectivity index (χ1v) is 17.2. The van der Waals surface area contributed by atoms with E-state index in [2.05, 4.69) is 75.7 Å². The van der Waals surface area contributed by atoms with Gasteiger partial charge >= 0.3 is 0 Å². The Labute approximate surface area is 255 Å². The lowest BCUT2D eigenvalue weighted by Crippen LogP contribution is -2.49. The molecule has 14 heteroatoms. The van der Waals surface area contributed by atoms with Gasteiger partial charge < -0.3 is 19.9 Å². The Morgan fingerprint density at radius 2 is 1.71 bits per heavy atom. The van der Waals surface area contributed by atoms with Crippen molar-refractivity contribution in [2.75, 3.05) is 19.0 Å². The number of anilines is 1. The quantitative estimate of drug-likeness (QED) is 0.267. The summed E-state index contributed by atoms with van der Waals surface area (Å²) in [4.78, 5) is 36.4. The summed E-state index contributed by atoms with van der Waals surface area (Å²) in [7, 11) is 1.61. The minimum absolute atomic E-state index is 0.0319. The maximum atomic E-state index is 12.8. The second kappa shape index (κ2) is 14.9. The molecule has 1 aliphatic heterocycles. The van der Waals surface area contributed by atoms with Crippen LogP contribution >= 0.6 is 0 Å². The molecular formula is C28H50N6O6S2+2. The van der Waals surface area contributed by atoms with Crippen LogP contribution in [0, 0.1) is 11.8 Å². The van der Waals surface area contributed by atoms with E-state index in [1.54, 1.807) is 25.5 Å². The van der Waals surface area contributed by atoms with Gasteiger partial charge in [0.2, 0.25) is 34.2 Å². The summed E-state index contributed by atoms with van der Waals surface area (Å²) in [6, 6.07) is -0.635. The maximum absolute atomic E-state index is 12.8. The summed E-state index contributed by atoms with van der Waals surface area (Å²) >= 11 is -0.747. The van der Waals surface area contributed by atoms with Gasteiger partial charge in [-0.05, 0) is 41.5 Å². The van der Waals surface area contributed by atoms with Gasteiger partial charge in [0.25, 0.3) is 11.0 Å². The second-order valence-corrected chi connectivity index (χ2v) is 17.2. The fourth-order valence-electron chi connectivity index (χ4n) is 4.73. The van der Waals surface area contributed by atoms with Crippen LogP contribution in [0.25, 0.3) is 11.2 Å². The highest BCUT2D eigenvalue weighted by Crippen LogP contribution is 2.36. The molecule has 0 bridgehead atoms. The third-order valence-corrected chi connectivity index (χ3v) is 12.0. The zero-order valence-electron chi connectivity index (χ0n) is 26.7. The molecule has 12 nitrogen and oxygen atoms in total. The van der Waals surface area contributed by atoms with Crippen molar-refractivity contribution in [2.24, 2.45) is 17.6 Å². The minimum Gasteiger partial charge on any atom is -0.382 e. The molecule has 0 aliphatic carbocycles. The van der Waals surface area contributed by atoms with Crippen molar-refractivity contribution in [1.29, 1.82) is 0 Å². The van der Waals surface area contributed by atoms with E-state index in [9.17, 15) is 9.59 Å². The Kier molecular flexibility index (Phi) is 12.3. The SMILES string of the molecule is COC[C@H]1O[C@@H](n2cnc3c(=O)[nH]c(NC(=O)C(C)C)nc32)[C@H](N)[C@@H]1OC(C(C)C)[S+](O[S+](C(C)C)C(C)C)C(C)C. The lowest BCUT2D eigenvalue weighted by atomic mass is 10.1. The highest BCUT2D eigenvalue weighted by atomic mass is 32.3. The minimum atomic E-state index is -0.737. The van der Waals surface area contributed by atoms with Crippen LogP contribution in [0.15, 0.2) is 11.1 Å². The number of nitrogens with zero attached hydrogens (tertiary/aromatic N) is 3. The molecule has 1 fully saturated rings. The summed E-state index contributed by atoms with van der Waals surface area (Å²) in [5, 5.41) is 3.65. The molecule has 42 heavy (non-hydrogen) atoms. The number of nitrogens with one attached hydrogen (secondary N) is 2. The fourth-order valence-corrected chi connectivity index (χ4v) is 10.1. The number of hydrogen-bond donors (Lipinski definition) is 3. The number of rotatable bonds is 14. The van der Waals surface area contributed by atoms with Gasteiger partial charge in [-0.3, -0.25) is 24.5 Å². The normalized spacial score (nSPS) is 22.9. The maximum Gasteiger partial charge on any atom is 0.280 e. The number of amides is 1. The zero-order chi connectivity index (χ0) is 31.5. The molecule has 0 saturated carbocycles. The van der Waals surface area contributed by atoms with E-state index in [0.717, 1.165) is 0 Å². The van der Waals surface area contributed by atoms with E-state index in [1.165, 1.54) is 6.33 Å². The van der Waals surface area contributed by atoms with Crippen LogP contribution in [-0.4, -0.2) is 78.6 Å². The average Bonchev–Trinajstić information content (AvgIpc) is 3.43. The number of hydrogen-bond acceptors (Lipinski definition) is 9. The molecule has 2 aromatic rings. The van der Waals surface area contributed by atoms with Crippen LogP contribution in [0.2, 0.25) is 0 Å². The molecule has 2 aromatic heterocycles. The first-order valence-electron chi connectivity index (χ1n) is 14.6. The van der Waals surface area contributed by atoms with Gasteiger partial charge in [-0.25, -0.2) is 4.98 Å². The predicted molar refractivity (Wildman–Crippen MR) is 170 cm³/mol. The number of H-pyrrole nitrogens is 1. The summed E-state index contributed by atoms with van der Waals surface area (Å²) in [6.07, 6.45) is -0.268. The van der Waals surface area contributed by atoms with Crippen LogP contribution in [0.4, 0.5) is 5.95 Å². The van der Waals surface area contributed by atoms with Crippen LogP contribution in [0.3, 0.4) is 0 Å². The van der Waals surface area contributed by atoms with Gasteiger partial charge in [-0.2, -0.15) is 4.98 Å². The molecule has 6 atom stereocenters. The number of fused-ring (bicyclic) bond motifs is 1. The van der Waals surface area contributed by atoms with Crippen LogP contribution in [0.5, 0.6) is 0 Å². The lowest BCUT2D eigenvalue weighted by molar-refractivity contribution is -0.118. The summed E-state index contributed by atoms with van der Waals surface area (Å²) in [6.45, 7) is 21.2. The van der Waals surface area contributed by atoms with Gasteiger partial charge in [0.05, 0.1) is 19.0 Å². The van der Waals surface area contributed by atoms with E-state index in [0.29, 0.717) is 10.5 Å². The highest BCUT2D eigenvalue weighted by molar-refractivity contribution is 8.06. The summed E-state index contributed by atoms with van der Waals surface area (Å²) < 4.78 is 27.3. The number of carbonyl (C=O) groups excluding carboxylic acids is 1. The molecule has 4 N–H and O–H groups in total. The van der Waals surface area contributed by atoms with E-state index < -0.39 is 41.2 Å². The van der Waals surface area contributed by atoms with E-state index in [-0.39, 0.29) is 63.3 Å². The molecule has 238 valence electrons.